The van der Waals surface area contributed by atoms with Crippen LogP contribution in [0.25, 0.3) is 11.4 Å². The predicted molar refractivity (Wildman–Crippen MR) is 82.8 cm³/mol. The molecular formula is C16H21N5O. The summed E-state index contributed by atoms with van der Waals surface area (Å²) in [6.45, 7) is 6.63. The lowest BCUT2D eigenvalue weighted by Crippen LogP contribution is -2.39. The third-order valence-corrected chi connectivity index (χ3v) is 3.89. The summed E-state index contributed by atoms with van der Waals surface area (Å²) in [6.07, 6.45) is 5.37. The smallest absolute Gasteiger partial charge is 0.228 e. The number of nitrogens with zero attached hydrogens (tertiary/aromatic N) is 4. The molecule has 1 unspecified atom stereocenters. The van der Waals surface area contributed by atoms with Gasteiger partial charge in [0, 0.05) is 29.9 Å². The fourth-order valence-corrected chi connectivity index (χ4v) is 2.77. The highest BCUT2D eigenvalue weighted by Crippen LogP contribution is 2.34. The van der Waals surface area contributed by atoms with Gasteiger partial charge in [-0.1, -0.05) is 20.8 Å². The minimum Gasteiger partial charge on any atom is -0.332 e. The van der Waals surface area contributed by atoms with Crippen LogP contribution in [0, 0.1) is 5.41 Å². The van der Waals surface area contributed by atoms with Crippen LogP contribution in [0.3, 0.4) is 0 Å². The molecule has 1 atom stereocenters. The van der Waals surface area contributed by atoms with Crippen molar-refractivity contribution in [1.82, 2.24) is 25.1 Å². The molecule has 0 aliphatic carbocycles. The Bertz CT molecular complexity index is 659. The molecule has 0 radical (unpaired) electrons. The van der Waals surface area contributed by atoms with Gasteiger partial charge in [0.05, 0.1) is 6.04 Å². The lowest BCUT2D eigenvalue weighted by atomic mass is 9.94. The van der Waals surface area contributed by atoms with Gasteiger partial charge in [-0.2, -0.15) is 5.10 Å². The number of carbonyl (C=O) groups is 1. The zero-order valence-corrected chi connectivity index (χ0v) is 13.2. The molecule has 1 fully saturated rings. The van der Waals surface area contributed by atoms with E-state index in [0.29, 0.717) is 5.82 Å². The van der Waals surface area contributed by atoms with Gasteiger partial charge in [-0.05, 0) is 25.0 Å². The molecule has 0 aromatic carbocycles. The number of rotatable bonds is 2. The average Bonchev–Trinajstić information content (AvgIpc) is 3.15. The van der Waals surface area contributed by atoms with Gasteiger partial charge in [-0.25, -0.2) is 4.98 Å². The molecule has 6 heteroatoms. The molecule has 22 heavy (non-hydrogen) atoms. The lowest BCUT2D eigenvalue weighted by molar-refractivity contribution is -0.140. The van der Waals surface area contributed by atoms with E-state index in [1.54, 1.807) is 12.4 Å². The van der Waals surface area contributed by atoms with Crippen LogP contribution < -0.4 is 0 Å². The van der Waals surface area contributed by atoms with E-state index in [2.05, 4.69) is 20.2 Å². The Morgan fingerprint density at radius 3 is 2.91 bits per heavy atom. The molecule has 1 amide bonds. The molecule has 6 nitrogen and oxygen atoms in total. The third-order valence-electron chi connectivity index (χ3n) is 3.89. The molecular weight excluding hydrogens is 278 g/mol. The molecule has 0 spiro atoms. The summed E-state index contributed by atoms with van der Waals surface area (Å²) in [7, 11) is 0. The highest BCUT2D eigenvalue weighted by Gasteiger charge is 2.37. The number of aromatic nitrogens is 4. The number of aromatic amines is 1. The predicted octanol–water partition coefficient (Wildman–Crippen LogP) is 2.58. The van der Waals surface area contributed by atoms with Crippen LogP contribution >= 0.6 is 0 Å². The fraction of sp³-hybridized carbons (Fsp3) is 0.500. The summed E-state index contributed by atoms with van der Waals surface area (Å²) in [6, 6.07) is 3.77. The Morgan fingerprint density at radius 2 is 2.23 bits per heavy atom. The molecule has 3 rings (SSSR count). The first-order chi connectivity index (χ1) is 10.5. The van der Waals surface area contributed by atoms with Gasteiger partial charge in [0.25, 0.3) is 0 Å². The Hall–Kier alpha value is -2.24. The van der Waals surface area contributed by atoms with Gasteiger partial charge in [-0.15, -0.1) is 0 Å². The van der Waals surface area contributed by atoms with E-state index in [1.165, 1.54) is 0 Å². The fourth-order valence-electron chi connectivity index (χ4n) is 2.77. The van der Waals surface area contributed by atoms with Crippen molar-refractivity contribution < 1.29 is 4.79 Å². The normalized spacial score (nSPS) is 18.7. The van der Waals surface area contributed by atoms with E-state index in [-0.39, 0.29) is 17.4 Å². The number of hydrogen-bond acceptors (Lipinski definition) is 4. The van der Waals surface area contributed by atoms with Crippen molar-refractivity contribution >= 4 is 5.91 Å². The molecule has 116 valence electrons. The van der Waals surface area contributed by atoms with E-state index in [4.69, 9.17) is 0 Å². The van der Waals surface area contributed by atoms with E-state index >= 15 is 0 Å². The first-order valence-corrected chi connectivity index (χ1v) is 7.60. The number of nitrogens with one attached hydrogen (secondary N) is 1. The maximum atomic E-state index is 12.6. The van der Waals surface area contributed by atoms with Gasteiger partial charge in [0.1, 0.15) is 5.82 Å². The Kier molecular flexibility index (Phi) is 3.68. The molecule has 0 bridgehead atoms. The minimum absolute atomic E-state index is 0.00959. The van der Waals surface area contributed by atoms with Crippen molar-refractivity contribution in [1.29, 1.82) is 0 Å². The van der Waals surface area contributed by atoms with Gasteiger partial charge in [0.2, 0.25) is 5.91 Å². The van der Waals surface area contributed by atoms with E-state index in [9.17, 15) is 4.79 Å². The first kappa shape index (κ1) is 14.7. The van der Waals surface area contributed by atoms with Gasteiger partial charge in [0.15, 0.2) is 5.82 Å². The third kappa shape index (κ3) is 2.73. The van der Waals surface area contributed by atoms with Crippen molar-refractivity contribution in [3.63, 3.8) is 0 Å². The average molecular weight is 299 g/mol. The summed E-state index contributed by atoms with van der Waals surface area (Å²) < 4.78 is 0. The monoisotopic (exact) mass is 299 g/mol. The van der Waals surface area contributed by atoms with Crippen LogP contribution in [0.15, 0.2) is 24.5 Å². The van der Waals surface area contributed by atoms with Crippen LogP contribution in [-0.2, 0) is 4.79 Å². The Balaban J connectivity index is 1.85. The lowest BCUT2D eigenvalue weighted by Gasteiger charge is -2.29. The van der Waals surface area contributed by atoms with Gasteiger partial charge in [-0.3, -0.25) is 14.9 Å². The first-order valence-electron chi connectivity index (χ1n) is 7.60. The highest BCUT2D eigenvalue weighted by atomic mass is 16.2. The highest BCUT2D eigenvalue weighted by molar-refractivity contribution is 5.82. The summed E-state index contributed by atoms with van der Waals surface area (Å²) in [5.74, 6) is 1.54. The van der Waals surface area contributed by atoms with Crippen LogP contribution in [0.2, 0.25) is 0 Å². The van der Waals surface area contributed by atoms with Crippen LogP contribution in [-0.4, -0.2) is 37.5 Å². The van der Waals surface area contributed by atoms with E-state index in [1.807, 2.05) is 37.8 Å². The summed E-state index contributed by atoms with van der Waals surface area (Å²) in [5, 5.41) is 7.27. The molecule has 2 aromatic rings. The zero-order chi connectivity index (χ0) is 15.7. The van der Waals surface area contributed by atoms with Crippen LogP contribution in [0.5, 0.6) is 0 Å². The van der Waals surface area contributed by atoms with E-state index < -0.39 is 0 Å². The van der Waals surface area contributed by atoms with Crippen molar-refractivity contribution in [2.75, 3.05) is 6.54 Å². The number of likely N-dealkylation sites (tertiary alicyclic amines) is 1. The van der Waals surface area contributed by atoms with Crippen molar-refractivity contribution in [2.45, 2.75) is 39.7 Å². The van der Waals surface area contributed by atoms with Crippen LogP contribution in [0.1, 0.15) is 45.5 Å². The topological polar surface area (TPSA) is 74.8 Å². The minimum atomic E-state index is -0.380. The molecule has 2 aromatic heterocycles. The zero-order valence-electron chi connectivity index (χ0n) is 13.2. The number of pyridine rings is 1. The molecule has 0 saturated carbocycles. The Labute approximate surface area is 130 Å². The number of carbonyl (C=O) groups excluding carboxylic acids is 1. The SMILES string of the molecule is CC(C)(C)C(=O)N1CCCC1c1nc(-c2cccnc2)n[nH]1. The second-order valence-corrected chi connectivity index (χ2v) is 6.69. The number of H-pyrrole nitrogens is 1. The second kappa shape index (κ2) is 5.51. The molecule has 1 N–H and O–H groups in total. The summed E-state index contributed by atoms with van der Waals surface area (Å²) >= 11 is 0. The van der Waals surface area contributed by atoms with E-state index in [0.717, 1.165) is 30.8 Å². The van der Waals surface area contributed by atoms with Gasteiger partial charge >= 0.3 is 0 Å². The number of hydrogen-bond donors (Lipinski definition) is 1. The molecule has 1 saturated heterocycles. The largest absolute Gasteiger partial charge is 0.332 e. The van der Waals surface area contributed by atoms with Crippen molar-refractivity contribution in [3.8, 4) is 11.4 Å². The molecule has 1 aliphatic rings. The molecule has 1 aliphatic heterocycles. The van der Waals surface area contributed by atoms with Crippen LogP contribution in [0.4, 0.5) is 0 Å². The van der Waals surface area contributed by atoms with Crippen molar-refractivity contribution in [3.05, 3.63) is 30.4 Å². The maximum Gasteiger partial charge on any atom is 0.228 e. The van der Waals surface area contributed by atoms with Crippen molar-refractivity contribution in [2.24, 2.45) is 5.41 Å². The second-order valence-electron chi connectivity index (χ2n) is 6.69. The standard InChI is InChI=1S/C16H21N5O/c1-16(2,3)15(22)21-9-5-7-12(21)14-18-13(19-20-14)11-6-4-8-17-10-11/h4,6,8,10,12H,5,7,9H2,1-3H3,(H,18,19,20). The summed E-state index contributed by atoms with van der Waals surface area (Å²) in [5.41, 5.74) is 0.492. The summed E-state index contributed by atoms with van der Waals surface area (Å²) in [4.78, 5) is 23.2. The molecule has 3 heterocycles. The Morgan fingerprint density at radius 1 is 1.41 bits per heavy atom. The van der Waals surface area contributed by atoms with Gasteiger partial charge < -0.3 is 4.90 Å². The quantitative estimate of drug-likeness (QED) is 0.925. The maximum absolute atomic E-state index is 12.6. The number of amides is 1.